The molecule has 35 heavy (non-hydrogen) atoms. The molecule has 2 N–H and O–H groups in total. The number of halogens is 2. The SMILES string of the molecule is COc1ccc2ncc(Cl)c(C(F)CCC3(C(=O)NO)CCN(CCC4CCCCC4)CC3)c2c1. The monoisotopic (exact) mass is 505 g/mol. The first-order chi connectivity index (χ1) is 17.0. The third-order valence-electron chi connectivity index (χ3n) is 8.23. The topological polar surface area (TPSA) is 74.7 Å². The van der Waals surface area contributed by atoms with Crippen LogP contribution in [-0.4, -0.2) is 47.7 Å². The molecule has 1 unspecified atom stereocenters. The van der Waals surface area contributed by atoms with Gasteiger partial charge in [0.2, 0.25) is 5.91 Å². The van der Waals surface area contributed by atoms with Gasteiger partial charge in [0.05, 0.1) is 23.1 Å². The maximum atomic E-state index is 15.7. The molecule has 1 saturated carbocycles. The molecule has 0 radical (unpaired) electrons. The summed E-state index contributed by atoms with van der Waals surface area (Å²) in [5, 5.41) is 10.3. The molecule has 1 aliphatic carbocycles. The third kappa shape index (κ3) is 6.07. The van der Waals surface area contributed by atoms with Crippen LogP contribution >= 0.6 is 11.6 Å². The van der Waals surface area contributed by atoms with Crippen LogP contribution < -0.4 is 10.2 Å². The van der Waals surface area contributed by atoms with Crippen molar-refractivity contribution in [3.8, 4) is 5.75 Å². The summed E-state index contributed by atoms with van der Waals surface area (Å²) < 4.78 is 21.0. The number of piperidine rings is 1. The Labute approximate surface area is 212 Å². The number of carbonyl (C=O) groups is 1. The summed E-state index contributed by atoms with van der Waals surface area (Å²) in [6.07, 6.45) is 9.72. The lowest BCUT2D eigenvalue weighted by atomic mass is 9.73. The van der Waals surface area contributed by atoms with E-state index in [4.69, 9.17) is 16.3 Å². The number of nitrogens with zero attached hydrogens (tertiary/aromatic N) is 2. The molecule has 6 nitrogen and oxygen atoms in total. The van der Waals surface area contributed by atoms with E-state index in [1.54, 1.807) is 25.3 Å². The van der Waals surface area contributed by atoms with Crippen LogP contribution in [0.5, 0.6) is 5.75 Å². The van der Waals surface area contributed by atoms with Gasteiger partial charge < -0.3 is 9.64 Å². The highest BCUT2D eigenvalue weighted by atomic mass is 35.5. The van der Waals surface area contributed by atoms with E-state index in [-0.39, 0.29) is 11.4 Å². The molecule has 2 aliphatic rings. The first-order valence-corrected chi connectivity index (χ1v) is 13.3. The fraction of sp³-hybridized carbons (Fsp3) is 0.630. The van der Waals surface area contributed by atoms with E-state index < -0.39 is 17.5 Å². The number of ether oxygens (including phenoxy) is 1. The molecule has 1 aliphatic heterocycles. The number of nitrogens with one attached hydrogen (secondary N) is 1. The highest BCUT2D eigenvalue weighted by molar-refractivity contribution is 6.32. The smallest absolute Gasteiger partial charge is 0.249 e. The Morgan fingerprint density at radius 3 is 2.74 bits per heavy atom. The molecule has 4 rings (SSSR count). The van der Waals surface area contributed by atoms with Crippen LogP contribution in [0.2, 0.25) is 5.02 Å². The van der Waals surface area contributed by atoms with Gasteiger partial charge in [0, 0.05) is 17.1 Å². The van der Waals surface area contributed by atoms with E-state index in [0.717, 1.165) is 25.6 Å². The summed E-state index contributed by atoms with van der Waals surface area (Å²) in [7, 11) is 1.56. The number of aromatic nitrogens is 1. The Bertz CT molecular complexity index is 1010. The molecule has 2 fully saturated rings. The van der Waals surface area contributed by atoms with Gasteiger partial charge in [0.25, 0.3) is 0 Å². The van der Waals surface area contributed by atoms with Gasteiger partial charge in [-0.15, -0.1) is 0 Å². The molecule has 2 heterocycles. The predicted molar refractivity (Wildman–Crippen MR) is 136 cm³/mol. The summed E-state index contributed by atoms with van der Waals surface area (Å²) in [5.74, 6) is 1.01. The molecule has 8 heteroatoms. The van der Waals surface area contributed by atoms with Crippen molar-refractivity contribution in [3.05, 3.63) is 35.0 Å². The van der Waals surface area contributed by atoms with Crippen LogP contribution in [0.4, 0.5) is 4.39 Å². The Morgan fingerprint density at radius 1 is 1.31 bits per heavy atom. The minimum Gasteiger partial charge on any atom is -0.497 e. The number of methoxy groups -OCH3 is 1. The number of hydroxylamine groups is 1. The van der Waals surface area contributed by atoms with Gasteiger partial charge in [-0.3, -0.25) is 15.0 Å². The predicted octanol–water partition coefficient (Wildman–Crippen LogP) is 6.25. The minimum atomic E-state index is -1.37. The molecule has 1 aromatic heterocycles. The van der Waals surface area contributed by atoms with Gasteiger partial charge in [0.15, 0.2) is 0 Å². The second-order valence-corrected chi connectivity index (χ2v) is 10.7. The molecule has 1 saturated heterocycles. The molecular weight excluding hydrogens is 469 g/mol. The fourth-order valence-electron chi connectivity index (χ4n) is 5.92. The zero-order chi connectivity index (χ0) is 24.8. The Morgan fingerprint density at radius 2 is 2.06 bits per heavy atom. The highest BCUT2D eigenvalue weighted by Gasteiger charge is 2.41. The van der Waals surface area contributed by atoms with Gasteiger partial charge in [0.1, 0.15) is 11.9 Å². The van der Waals surface area contributed by atoms with E-state index in [1.165, 1.54) is 44.7 Å². The number of likely N-dealkylation sites (tertiary alicyclic amines) is 1. The van der Waals surface area contributed by atoms with Crippen LogP contribution in [-0.2, 0) is 4.79 Å². The zero-order valence-corrected chi connectivity index (χ0v) is 21.3. The first kappa shape index (κ1) is 26.1. The van der Waals surface area contributed by atoms with Gasteiger partial charge in [-0.1, -0.05) is 43.7 Å². The van der Waals surface area contributed by atoms with Crippen molar-refractivity contribution in [2.75, 3.05) is 26.7 Å². The van der Waals surface area contributed by atoms with Gasteiger partial charge in [-0.25, -0.2) is 9.87 Å². The quantitative estimate of drug-likeness (QED) is 0.311. The number of alkyl halides is 1. The fourth-order valence-corrected chi connectivity index (χ4v) is 6.18. The van der Waals surface area contributed by atoms with Crippen LogP contribution in [0.15, 0.2) is 24.4 Å². The number of amides is 1. The number of carbonyl (C=O) groups excluding carboxylic acids is 1. The Hall–Kier alpha value is -1.96. The Balaban J connectivity index is 1.42. The number of hydrogen-bond acceptors (Lipinski definition) is 5. The minimum absolute atomic E-state index is 0.130. The maximum absolute atomic E-state index is 15.7. The van der Waals surface area contributed by atoms with Gasteiger partial charge in [-0.2, -0.15) is 0 Å². The number of fused-ring (bicyclic) bond motifs is 1. The van der Waals surface area contributed by atoms with E-state index in [2.05, 4.69) is 9.88 Å². The van der Waals surface area contributed by atoms with Crippen molar-refractivity contribution < 1.29 is 19.1 Å². The van der Waals surface area contributed by atoms with Gasteiger partial charge in [-0.05, 0) is 75.9 Å². The summed E-state index contributed by atoms with van der Waals surface area (Å²) in [6.45, 7) is 2.62. The van der Waals surface area contributed by atoms with E-state index >= 15 is 4.39 Å². The average Bonchev–Trinajstić information content (AvgIpc) is 2.90. The number of hydrogen-bond donors (Lipinski definition) is 2. The second kappa shape index (κ2) is 11.8. The lowest BCUT2D eigenvalue weighted by Crippen LogP contribution is -2.48. The standard InChI is InChI=1S/C27H37ClFN3O3/c1-35-20-7-8-24-21(17-20)25(22(28)18-30-24)23(29)9-11-27(26(33)31-34)12-15-32(16-13-27)14-10-19-5-3-2-4-6-19/h7-8,17-19,23,34H,2-6,9-16H2,1H3,(H,31,33). The van der Waals surface area contributed by atoms with Crippen LogP contribution in [0.25, 0.3) is 10.9 Å². The summed E-state index contributed by atoms with van der Waals surface area (Å²) in [5.41, 5.74) is 2.09. The average molecular weight is 506 g/mol. The molecule has 1 amide bonds. The summed E-state index contributed by atoms with van der Waals surface area (Å²) >= 11 is 6.39. The second-order valence-electron chi connectivity index (χ2n) is 10.3. The largest absolute Gasteiger partial charge is 0.497 e. The van der Waals surface area contributed by atoms with Crippen molar-refractivity contribution in [3.63, 3.8) is 0 Å². The van der Waals surface area contributed by atoms with Crippen molar-refractivity contribution in [1.82, 2.24) is 15.4 Å². The van der Waals surface area contributed by atoms with Crippen LogP contribution in [0.3, 0.4) is 0 Å². The summed E-state index contributed by atoms with van der Waals surface area (Å²) in [6, 6.07) is 5.31. The molecule has 2 aromatic rings. The molecular formula is C27H37ClFN3O3. The van der Waals surface area contributed by atoms with Crippen LogP contribution in [0, 0.1) is 11.3 Å². The Kier molecular flexibility index (Phi) is 8.84. The highest BCUT2D eigenvalue weighted by Crippen LogP contribution is 2.42. The summed E-state index contributed by atoms with van der Waals surface area (Å²) in [4.78, 5) is 19.5. The van der Waals surface area contributed by atoms with Gasteiger partial charge >= 0.3 is 0 Å². The lowest BCUT2D eigenvalue weighted by molar-refractivity contribution is -0.143. The molecule has 0 spiro atoms. The molecule has 1 aromatic carbocycles. The molecule has 192 valence electrons. The maximum Gasteiger partial charge on any atom is 0.249 e. The van der Waals surface area contributed by atoms with E-state index in [0.29, 0.717) is 41.5 Å². The first-order valence-electron chi connectivity index (χ1n) is 12.9. The van der Waals surface area contributed by atoms with Crippen molar-refractivity contribution in [1.29, 1.82) is 0 Å². The zero-order valence-electron chi connectivity index (χ0n) is 20.6. The van der Waals surface area contributed by atoms with E-state index in [9.17, 15) is 10.0 Å². The van der Waals surface area contributed by atoms with E-state index in [1.807, 2.05) is 5.48 Å². The number of benzene rings is 1. The number of rotatable bonds is 9. The van der Waals surface area contributed by atoms with Crippen LogP contribution in [0.1, 0.15) is 75.9 Å². The van der Waals surface area contributed by atoms with Crippen molar-refractivity contribution in [2.24, 2.45) is 11.3 Å². The normalized spacial score (nSPS) is 20.0. The van der Waals surface area contributed by atoms with Crippen molar-refractivity contribution >= 4 is 28.4 Å². The third-order valence-corrected chi connectivity index (χ3v) is 8.53. The van der Waals surface area contributed by atoms with Crippen molar-refractivity contribution in [2.45, 2.75) is 70.4 Å². The molecule has 1 atom stereocenters. The lowest BCUT2D eigenvalue weighted by Gasteiger charge is -2.41. The number of pyridine rings is 1. The molecule has 0 bridgehead atoms.